The molecule has 0 aliphatic rings. The quantitative estimate of drug-likeness (QED) is 0.713. The lowest BCUT2D eigenvalue weighted by molar-refractivity contribution is 0.315. The highest BCUT2D eigenvalue weighted by Gasteiger charge is 2.12. The van der Waals surface area contributed by atoms with Gasteiger partial charge in [-0.05, 0) is 12.1 Å². The lowest BCUT2D eigenvalue weighted by Crippen LogP contribution is -2.02. The molecule has 3 rings (SSSR count). The van der Waals surface area contributed by atoms with Crippen molar-refractivity contribution in [3.63, 3.8) is 0 Å². The second kappa shape index (κ2) is 5.39. The minimum absolute atomic E-state index is 0.132. The van der Waals surface area contributed by atoms with Gasteiger partial charge in [0.1, 0.15) is 5.75 Å². The van der Waals surface area contributed by atoms with Gasteiger partial charge in [-0.15, -0.1) is 5.10 Å². The van der Waals surface area contributed by atoms with Crippen molar-refractivity contribution < 1.29 is 9.26 Å². The fraction of sp³-hybridized carbons (Fsp3) is 0.167. The summed E-state index contributed by atoms with van der Waals surface area (Å²) >= 11 is 0. The number of para-hydroxylation sites is 1. The van der Waals surface area contributed by atoms with Gasteiger partial charge in [0.2, 0.25) is 11.8 Å². The molecule has 3 aromatic rings. The van der Waals surface area contributed by atoms with E-state index >= 15 is 0 Å². The van der Waals surface area contributed by atoms with Crippen LogP contribution in [0.4, 0.5) is 5.95 Å². The maximum absolute atomic E-state index is 5.55. The van der Waals surface area contributed by atoms with E-state index in [4.69, 9.17) is 15.0 Å². The summed E-state index contributed by atoms with van der Waals surface area (Å²) in [6.07, 6.45) is 0.530. The minimum atomic E-state index is 0.132. The van der Waals surface area contributed by atoms with Gasteiger partial charge in [0.15, 0.2) is 5.82 Å². The van der Waals surface area contributed by atoms with Gasteiger partial charge in [0.25, 0.3) is 5.89 Å². The molecule has 0 saturated heterocycles. The highest BCUT2D eigenvalue weighted by molar-refractivity contribution is 5.41. The van der Waals surface area contributed by atoms with Crippen LogP contribution in [-0.2, 0) is 6.42 Å². The highest BCUT2D eigenvalue weighted by Crippen LogP contribution is 2.13. The fourth-order valence-corrected chi connectivity index (χ4v) is 1.60. The smallest absolute Gasteiger partial charge is 0.295 e. The van der Waals surface area contributed by atoms with Crippen molar-refractivity contribution in [3.8, 4) is 17.5 Å². The van der Waals surface area contributed by atoms with E-state index in [9.17, 15) is 0 Å². The third-order valence-corrected chi connectivity index (χ3v) is 2.51. The van der Waals surface area contributed by atoms with Crippen LogP contribution in [0.25, 0.3) is 11.7 Å². The Morgan fingerprint density at radius 1 is 1.20 bits per heavy atom. The Bertz CT molecular complexity index is 678. The molecule has 0 bridgehead atoms. The van der Waals surface area contributed by atoms with Crippen LogP contribution in [0.2, 0.25) is 0 Å². The first kappa shape index (κ1) is 12.2. The zero-order valence-corrected chi connectivity index (χ0v) is 10.5. The van der Waals surface area contributed by atoms with Gasteiger partial charge in [0, 0.05) is 6.42 Å². The first-order valence-corrected chi connectivity index (χ1v) is 6.00. The number of benzene rings is 1. The van der Waals surface area contributed by atoms with Crippen molar-refractivity contribution in [3.05, 3.63) is 36.2 Å². The largest absolute Gasteiger partial charge is 0.493 e. The van der Waals surface area contributed by atoms with Crippen molar-refractivity contribution >= 4 is 5.95 Å². The lowest BCUT2D eigenvalue weighted by atomic mass is 10.3. The number of nitrogen functional groups attached to an aromatic ring is 1. The summed E-state index contributed by atoms with van der Waals surface area (Å²) < 4.78 is 10.6. The van der Waals surface area contributed by atoms with Crippen molar-refractivity contribution in [1.82, 2.24) is 25.3 Å². The van der Waals surface area contributed by atoms with Crippen LogP contribution in [-0.4, -0.2) is 31.9 Å². The zero-order chi connectivity index (χ0) is 13.8. The molecule has 2 aromatic heterocycles. The maximum Gasteiger partial charge on any atom is 0.295 e. The van der Waals surface area contributed by atoms with Crippen molar-refractivity contribution in [2.24, 2.45) is 0 Å². The number of nitrogens with two attached hydrogens (primary N) is 1. The number of aromatic nitrogens is 5. The van der Waals surface area contributed by atoms with Crippen molar-refractivity contribution in [2.75, 3.05) is 12.3 Å². The van der Waals surface area contributed by atoms with Crippen LogP contribution < -0.4 is 10.5 Å². The second-order valence-corrected chi connectivity index (χ2v) is 3.97. The van der Waals surface area contributed by atoms with Gasteiger partial charge >= 0.3 is 0 Å². The van der Waals surface area contributed by atoms with Gasteiger partial charge in [0.05, 0.1) is 6.61 Å². The van der Waals surface area contributed by atoms with E-state index < -0.39 is 0 Å². The third kappa shape index (κ3) is 2.74. The molecule has 0 atom stereocenters. The summed E-state index contributed by atoms with van der Waals surface area (Å²) in [5.74, 6) is 2.08. The van der Waals surface area contributed by atoms with E-state index in [-0.39, 0.29) is 11.8 Å². The second-order valence-electron chi connectivity index (χ2n) is 3.97. The number of ether oxygens (including phenoxy) is 1. The molecular formula is C12H12N6O2. The molecule has 0 aliphatic carbocycles. The van der Waals surface area contributed by atoms with Crippen LogP contribution >= 0.6 is 0 Å². The first-order chi connectivity index (χ1) is 9.81. The SMILES string of the molecule is Nc1n[nH]c(-c2nc(CCOc3ccccc3)no2)n1. The summed E-state index contributed by atoms with van der Waals surface area (Å²) in [6, 6.07) is 9.53. The normalized spacial score (nSPS) is 10.6. The molecule has 8 heteroatoms. The van der Waals surface area contributed by atoms with Crippen LogP contribution in [0.15, 0.2) is 34.9 Å². The maximum atomic E-state index is 5.55. The summed E-state index contributed by atoms with van der Waals surface area (Å²) in [4.78, 5) is 8.08. The number of hydrogen-bond acceptors (Lipinski definition) is 7. The molecule has 1 aromatic carbocycles. The molecular weight excluding hydrogens is 260 g/mol. The van der Waals surface area contributed by atoms with E-state index in [1.54, 1.807) is 0 Å². The summed E-state index contributed by atoms with van der Waals surface area (Å²) in [6.45, 7) is 0.460. The highest BCUT2D eigenvalue weighted by atomic mass is 16.5. The molecule has 102 valence electrons. The van der Waals surface area contributed by atoms with Gasteiger partial charge in [-0.25, -0.2) is 0 Å². The Morgan fingerprint density at radius 2 is 2.05 bits per heavy atom. The molecule has 20 heavy (non-hydrogen) atoms. The number of anilines is 1. The molecule has 0 aliphatic heterocycles. The van der Waals surface area contributed by atoms with Crippen molar-refractivity contribution in [1.29, 1.82) is 0 Å². The van der Waals surface area contributed by atoms with Gasteiger partial charge in [-0.2, -0.15) is 9.97 Å². The molecule has 0 radical (unpaired) electrons. The number of H-pyrrole nitrogens is 1. The first-order valence-electron chi connectivity index (χ1n) is 6.00. The topological polar surface area (TPSA) is 116 Å². The lowest BCUT2D eigenvalue weighted by Gasteiger charge is -2.02. The van der Waals surface area contributed by atoms with Crippen LogP contribution in [0, 0.1) is 0 Å². The van der Waals surface area contributed by atoms with E-state index in [0.717, 1.165) is 5.75 Å². The Balaban J connectivity index is 1.58. The molecule has 3 N–H and O–H groups in total. The predicted octanol–water partition coefficient (Wildman–Crippen LogP) is 1.06. The average molecular weight is 272 g/mol. The summed E-state index contributed by atoms with van der Waals surface area (Å²) in [5.41, 5.74) is 5.40. The molecule has 0 fully saturated rings. The summed E-state index contributed by atoms with van der Waals surface area (Å²) in [7, 11) is 0. The Kier molecular flexibility index (Phi) is 3.27. The number of nitrogens with one attached hydrogen (secondary N) is 1. The van der Waals surface area contributed by atoms with Crippen LogP contribution in [0.1, 0.15) is 5.82 Å². The third-order valence-electron chi connectivity index (χ3n) is 2.51. The van der Waals surface area contributed by atoms with Crippen molar-refractivity contribution in [2.45, 2.75) is 6.42 Å². The summed E-state index contributed by atoms with van der Waals surface area (Å²) in [5, 5.41) is 10.1. The molecule has 0 amide bonds. The van der Waals surface area contributed by atoms with E-state index in [2.05, 4.69) is 25.3 Å². The van der Waals surface area contributed by atoms with Gasteiger partial charge < -0.3 is 15.0 Å². The Labute approximate surface area is 114 Å². The Hall–Kier alpha value is -2.90. The number of rotatable bonds is 5. The zero-order valence-electron chi connectivity index (χ0n) is 10.5. The molecule has 0 unspecified atom stereocenters. The van der Waals surface area contributed by atoms with Gasteiger partial charge in [-0.1, -0.05) is 23.4 Å². The standard InChI is InChI=1S/C12H12N6O2/c13-12-15-10(16-17-12)11-14-9(18-20-11)6-7-19-8-4-2-1-3-5-8/h1-5H,6-7H2,(H3,13,15,16,17). The number of nitrogens with zero attached hydrogens (tertiary/aromatic N) is 4. The average Bonchev–Trinajstić information content (AvgIpc) is 3.09. The van der Waals surface area contributed by atoms with Crippen LogP contribution in [0.5, 0.6) is 5.75 Å². The minimum Gasteiger partial charge on any atom is -0.493 e. The Morgan fingerprint density at radius 3 is 2.80 bits per heavy atom. The van der Waals surface area contributed by atoms with Gasteiger partial charge in [-0.3, -0.25) is 5.10 Å². The van der Waals surface area contributed by atoms with E-state index in [1.165, 1.54) is 0 Å². The number of aromatic amines is 1. The number of hydrogen-bond donors (Lipinski definition) is 2. The van der Waals surface area contributed by atoms with E-state index in [1.807, 2.05) is 30.3 Å². The predicted molar refractivity (Wildman–Crippen MR) is 69.7 cm³/mol. The molecule has 0 saturated carbocycles. The van der Waals surface area contributed by atoms with E-state index in [0.29, 0.717) is 24.7 Å². The molecule has 8 nitrogen and oxygen atoms in total. The molecule has 0 spiro atoms. The van der Waals surface area contributed by atoms with Crippen LogP contribution in [0.3, 0.4) is 0 Å². The molecule has 2 heterocycles. The fourth-order valence-electron chi connectivity index (χ4n) is 1.60. The monoisotopic (exact) mass is 272 g/mol.